The van der Waals surface area contributed by atoms with Gasteiger partial charge in [-0.1, -0.05) is 37.1 Å². The lowest BCUT2D eigenvalue weighted by atomic mass is 10.1. The Balaban J connectivity index is 1.66. The Kier molecular flexibility index (Phi) is 7.13. The van der Waals surface area contributed by atoms with E-state index in [1.807, 2.05) is 38.1 Å². The average Bonchev–Trinajstić information content (AvgIpc) is 3.09. The van der Waals surface area contributed by atoms with Crippen LogP contribution in [-0.4, -0.2) is 33.2 Å². The van der Waals surface area contributed by atoms with Crippen molar-refractivity contribution in [2.75, 3.05) is 11.9 Å². The molecule has 8 heteroatoms. The number of ether oxygens (including phenoxy) is 1. The molecule has 0 unspecified atom stereocenters. The quantitative estimate of drug-likeness (QED) is 0.315. The van der Waals surface area contributed by atoms with Gasteiger partial charge in [-0.25, -0.2) is 4.79 Å². The second-order valence-corrected chi connectivity index (χ2v) is 7.31. The number of amides is 1. The third-order valence-electron chi connectivity index (χ3n) is 4.47. The number of esters is 1. The number of aromatic amines is 1. The first kappa shape index (κ1) is 21.4. The molecule has 0 aliphatic carbocycles. The van der Waals surface area contributed by atoms with Gasteiger partial charge in [-0.3, -0.25) is 14.5 Å². The highest BCUT2D eigenvalue weighted by atomic mass is 32.1. The molecule has 2 aromatic carbocycles. The molecule has 1 heterocycles. The Labute approximate surface area is 180 Å². The largest absolute Gasteiger partial charge is 0.462 e. The molecule has 0 atom stereocenters. The van der Waals surface area contributed by atoms with Crippen molar-refractivity contribution < 1.29 is 14.3 Å². The van der Waals surface area contributed by atoms with Crippen LogP contribution in [0.15, 0.2) is 48.5 Å². The lowest BCUT2D eigenvalue weighted by Crippen LogP contribution is -2.19. The summed E-state index contributed by atoms with van der Waals surface area (Å²) in [6.45, 7) is 4.44. The maximum atomic E-state index is 12.6. The standard InChI is InChI=1S/C22H24N4O3S/c1-3-4-12-29-21(28)16-8-10-18(11-9-16)23-19(27)14-26-20(24-25-22(26)30)17-7-5-6-15(2)13-17/h5-11,13H,3-4,12,14H2,1-2H3,(H,23,27)(H,25,30). The number of H-pyrrole nitrogens is 1. The molecule has 0 aliphatic rings. The topological polar surface area (TPSA) is 89.0 Å². The molecule has 0 aliphatic heterocycles. The molecule has 0 radical (unpaired) electrons. The molecular weight excluding hydrogens is 400 g/mol. The van der Waals surface area contributed by atoms with E-state index in [1.165, 1.54) is 0 Å². The number of hydrogen-bond acceptors (Lipinski definition) is 5. The van der Waals surface area contributed by atoms with E-state index >= 15 is 0 Å². The number of hydrogen-bond donors (Lipinski definition) is 2. The number of nitrogens with one attached hydrogen (secondary N) is 2. The highest BCUT2D eigenvalue weighted by Crippen LogP contribution is 2.19. The Morgan fingerprint density at radius 3 is 2.67 bits per heavy atom. The molecular formula is C22H24N4O3S. The predicted molar refractivity (Wildman–Crippen MR) is 118 cm³/mol. The van der Waals surface area contributed by atoms with Crippen LogP contribution in [0, 0.1) is 11.7 Å². The van der Waals surface area contributed by atoms with Gasteiger partial charge in [-0.2, -0.15) is 5.10 Å². The molecule has 7 nitrogen and oxygen atoms in total. The third-order valence-corrected chi connectivity index (χ3v) is 4.78. The van der Waals surface area contributed by atoms with E-state index in [2.05, 4.69) is 15.5 Å². The van der Waals surface area contributed by atoms with Gasteiger partial charge in [0.1, 0.15) is 6.54 Å². The summed E-state index contributed by atoms with van der Waals surface area (Å²) < 4.78 is 7.20. The minimum absolute atomic E-state index is 0.0133. The van der Waals surface area contributed by atoms with E-state index in [0.717, 1.165) is 24.0 Å². The van der Waals surface area contributed by atoms with Crippen LogP contribution in [-0.2, 0) is 16.1 Å². The number of aromatic nitrogens is 3. The highest BCUT2D eigenvalue weighted by molar-refractivity contribution is 7.71. The van der Waals surface area contributed by atoms with Crippen LogP contribution in [0.4, 0.5) is 5.69 Å². The van der Waals surface area contributed by atoms with Gasteiger partial charge in [0.15, 0.2) is 10.6 Å². The van der Waals surface area contributed by atoms with Crippen molar-refractivity contribution in [1.29, 1.82) is 0 Å². The van der Waals surface area contributed by atoms with Gasteiger partial charge in [0, 0.05) is 11.3 Å². The smallest absolute Gasteiger partial charge is 0.338 e. The fraction of sp³-hybridized carbons (Fsp3) is 0.273. The lowest BCUT2D eigenvalue weighted by Gasteiger charge is -2.09. The Morgan fingerprint density at radius 1 is 1.20 bits per heavy atom. The van der Waals surface area contributed by atoms with E-state index in [-0.39, 0.29) is 18.4 Å². The van der Waals surface area contributed by atoms with Crippen molar-refractivity contribution in [2.24, 2.45) is 0 Å². The molecule has 0 saturated heterocycles. The van der Waals surface area contributed by atoms with Crippen LogP contribution in [0.1, 0.15) is 35.7 Å². The van der Waals surface area contributed by atoms with Crippen LogP contribution in [0.25, 0.3) is 11.4 Å². The summed E-state index contributed by atoms with van der Waals surface area (Å²) >= 11 is 5.29. The first-order valence-corrected chi connectivity index (χ1v) is 10.2. The van der Waals surface area contributed by atoms with Crippen LogP contribution in [0.3, 0.4) is 0 Å². The Bertz CT molecular complexity index is 1090. The third kappa shape index (κ3) is 5.42. The van der Waals surface area contributed by atoms with Gasteiger partial charge in [0.2, 0.25) is 5.91 Å². The molecule has 0 bridgehead atoms. The van der Waals surface area contributed by atoms with Gasteiger partial charge in [-0.15, -0.1) is 0 Å². The van der Waals surface area contributed by atoms with Gasteiger partial charge in [0.25, 0.3) is 0 Å². The van der Waals surface area contributed by atoms with Crippen LogP contribution in [0.2, 0.25) is 0 Å². The average molecular weight is 425 g/mol. The zero-order valence-corrected chi connectivity index (χ0v) is 17.8. The van der Waals surface area contributed by atoms with Crippen molar-refractivity contribution in [3.05, 3.63) is 64.4 Å². The van der Waals surface area contributed by atoms with Crippen molar-refractivity contribution in [3.8, 4) is 11.4 Å². The number of anilines is 1. The molecule has 2 N–H and O–H groups in total. The van der Waals surface area contributed by atoms with Crippen molar-refractivity contribution in [1.82, 2.24) is 14.8 Å². The van der Waals surface area contributed by atoms with Gasteiger partial charge < -0.3 is 10.1 Å². The first-order chi connectivity index (χ1) is 14.5. The molecule has 1 aromatic heterocycles. The zero-order chi connectivity index (χ0) is 21.5. The lowest BCUT2D eigenvalue weighted by molar-refractivity contribution is -0.116. The number of aryl methyl sites for hydroxylation is 1. The molecule has 0 saturated carbocycles. The van der Waals surface area contributed by atoms with E-state index in [4.69, 9.17) is 17.0 Å². The van der Waals surface area contributed by atoms with E-state index in [1.54, 1.807) is 28.8 Å². The van der Waals surface area contributed by atoms with Gasteiger partial charge in [-0.05, 0) is 55.9 Å². The Morgan fingerprint density at radius 2 is 1.97 bits per heavy atom. The van der Waals surface area contributed by atoms with Crippen molar-refractivity contribution >= 4 is 29.8 Å². The maximum Gasteiger partial charge on any atom is 0.338 e. The molecule has 1 amide bonds. The molecule has 0 fully saturated rings. The molecule has 30 heavy (non-hydrogen) atoms. The highest BCUT2D eigenvalue weighted by Gasteiger charge is 2.13. The van der Waals surface area contributed by atoms with E-state index < -0.39 is 0 Å². The van der Waals surface area contributed by atoms with Gasteiger partial charge >= 0.3 is 5.97 Å². The predicted octanol–water partition coefficient (Wildman–Crippen LogP) is 4.51. The first-order valence-electron chi connectivity index (χ1n) is 9.77. The minimum atomic E-state index is -0.367. The monoisotopic (exact) mass is 424 g/mol. The molecule has 0 spiro atoms. The summed E-state index contributed by atoms with van der Waals surface area (Å²) in [4.78, 5) is 24.5. The van der Waals surface area contributed by atoms with Crippen LogP contribution < -0.4 is 5.32 Å². The number of carbonyl (C=O) groups is 2. The number of nitrogens with zero attached hydrogens (tertiary/aromatic N) is 2. The van der Waals surface area contributed by atoms with E-state index in [9.17, 15) is 9.59 Å². The fourth-order valence-electron chi connectivity index (χ4n) is 2.90. The van der Waals surface area contributed by atoms with Crippen LogP contribution >= 0.6 is 12.2 Å². The van der Waals surface area contributed by atoms with E-state index in [0.29, 0.717) is 28.5 Å². The normalized spacial score (nSPS) is 10.6. The summed E-state index contributed by atoms with van der Waals surface area (Å²) in [7, 11) is 0. The SMILES string of the molecule is CCCCOC(=O)c1ccc(NC(=O)Cn2c(-c3cccc(C)c3)n[nH]c2=S)cc1. The molecule has 3 aromatic rings. The second-order valence-electron chi connectivity index (χ2n) is 6.92. The van der Waals surface area contributed by atoms with Crippen molar-refractivity contribution in [2.45, 2.75) is 33.2 Å². The number of rotatable bonds is 8. The van der Waals surface area contributed by atoms with Crippen molar-refractivity contribution in [3.63, 3.8) is 0 Å². The maximum absolute atomic E-state index is 12.6. The fourth-order valence-corrected chi connectivity index (χ4v) is 3.09. The zero-order valence-electron chi connectivity index (χ0n) is 17.0. The summed E-state index contributed by atoms with van der Waals surface area (Å²) in [5.41, 5.74) is 2.99. The summed E-state index contributed by atoms with van der Waals surface area (Å²) in [6.07, 6.45) is 1.80. The summed E-state index contributed by atoms with van der Waals surface area (Å²) in [5, 5.41) is 9.83. The minimum Gasteiger partial charge on any atom is -0.462 e. The molecule has 156 valence electrons. The summed E-state index contributed by atoms with van der Waals surface area (Å²) in [6, 6.07) is 14.4. The number of unbranched alkanes of at least 4 members (excludes halogenated alkanes) is 1. The number of carbonyl (C=O) groups excluding carboxylic acids is 2. The van der Waals surface area contributed by atoms with Gasteiger partial charge in [0.05, 0.1) is 12.2 Å². The number of benzene rings is 2. The summed E-state index contributed by atoms with van der Waals surface area (Å²) in [5.74, 6) is -0.0162. The van der Waals surface area contributed by atoms with Crippen LogP contribution in [0.5, 0.6) is 0 Å². The molecule has 3 rings (SSSR count). The Hall–Kier alpha value is -3.26. The second kappa shape index (κ2) is 9.98.